The van der Waals surface area contributed by atoms with Gasteiger partial charge in [-0.3, -0.25) is 0 Å². The molecule has 3 aromatic rings. The summed E-state index contributed by atoms with van der Waals surface area (Å²) >= 11 is 0. The zero-order valence-electron chi connectivity index (χ0n) is 17.5. The minimum absolute atomic E-state index is 0.120. The van der Waals surface area contributed by atoms with E-state index < -0.39 is 38.2 Å². The van der Waals surface area contributed by atoms with Crippen LogP contribution in [0.3, 0.4) is 0 Å². The largest absolute Gasteiger partial charge is 0.496 e. The molecule has 0 saturated carbocycles. The van der Waals surface area contributed by atoms with E-state index in [0.29, 0.717) is 11.3 Å². The standard InChI is InChI=1S/C23H19F3O6S/c1-31-19-6-4-3-5-18(19)17-9-8-16(23(24,25)26)11-15(17)13-33(29,30)21-12-14(22(27)28)7-10-20(21)32-2/h3-12H,13H2,1-2H3,(H,27,28). The van der Waals surface area contributed by atoms with Crippen molar-refractivity contribution in [3.05, 3.63) is 77.4 Å². The van der Waals surface area contributed by atoms with Crippen molar-refractivity contribution in [1.82, 2.24) is 0 Å². The van der Waals surface area contributed by atoms with Gasteiger partial charge in [-0.15, -0.1) is 0 Å². The lowest BCUT2D eigenvalue weighted by Gasteiger charge is -2.17. The number of alkyl halides is 3. The molecule has 0 atom stereocenters. The lowest BCUT2D eigenvalue weighted by Crippen LogP contribution is -2.12. The highest BCUT2D eigenvalue weighted by molar-refractivity contribution is 7.90. The highest BCUT2D eigenvalue weighted by Crippen LogP contribution is 2.38. The molecule has 0 aliphatic carbocycles. The maximum atomic E-state index is 13.4. The van der Waals surface area contributed by atoms with E-state index in [1.54, 1.807) is 24.3 Å². The Kier molecular flexibility index (Phi) is 6.68. The third kappa shape index (κ3) is 5.11. The maximum absolute atomic E-state index is 13.4. The predicted octanol–water partition coefficient (Wildman–Crippen LogP) is 5.06. The molecule has 1 N–H and O–H groups in total. The van der Waals surface area contributed by atoms with Gasteiger partial charge in [-0.05, 0) is 47.5 Å². The van der Waals surface area contributed by atoms with E-state index >= 15 is 0 Å². The number of para-hydroxylation sites is 1. The van der Waals surface area contributed by atoms with Crippen LogP contribution in [0.25, 0.3) is 11.1 Å². The fourth-order valence-electron chi connectivity index (χ4n) is 3.35. The van der Waals surface area contributed by atoms with Gasteiger partial charge in [0.1, 0.15) is 16.4 Å². The van der Waals surface area contributed by atoms with Crippen molar-refractivity contribution in [3.8, 4) is 22.6 Å². The number of halogens is 3. The summed E-state index contributed by atoms with van der Waals surface area (Å²) < 4.78 is 77.1. The molecule has 0 saturated heterocycles. The average molecular weight is 480 g/mol. The Morgan fingerprint density at radius 1 is 0.909 bits per heavy atom. The molecular weight excluding hydrogens is 461 g/mol. The van der Waals surface area contributed by atoms with Gasteiger partial charge in [0.25, 0.3) is 0 Å². The highest BCUT2D eigenvalue weighted by atomic mass is 32.2. The van der Waals surface area contributed by atoms with Crippen LogP contribution in [0.15, 0.2) is 65.6 Å². The first-order chi connectivity index (χ1) is 15.5. The number of hydrogen-bond acceptors (Lipinski definition) is 5. The summed E-state index contributed by atoms with van der Waals surface area (Å²) in [6, 6.07) is 12.6. The van der Waals surface area contributed by atoms with Gasteiger partial charge >= 0.3 is 12.1 Å². The first-order valence-electron chi connectivity index (χ1n) is 9.45. The minimum Gasteiger partial charge on any atom is -0.496 e. The molecule has 0 bridgehead atoms. The summed E-state index contributed by atoms with van der Waals surface area (Å²) in [4.78, 5) is 10.9. The maximum Gasteiger partial charge on any atom is 0.416 e. The number of carbonyl (C=O) groups is 1. The summed E-state index contributed by atoms with van der Waals surface area (Å²) in [5.74, 6) is -1.96. The summed E-state index contributed by atoms with van der Waals surface area (Å²) in [7, 11) is -1.72. The van der Waals surface area contributed by atoms with Crippen LogP contribution in [0.5, 0.6) is 11.5 Å². The first-order valence-corrected chi connectivity index (χ1v) is 11.1. The van der Waals surface area contributed by atoms with Crippen molar-refractivity contribution in [2.45, 2.75) is 16.8 Å². The highest BCUT2D eigenvalue weighted by Gasteiger charge is 2.32. The molecule has 10 heteroatoms. The van der Waals surface area contributed by atoms with E-state index in [9.17, 15) is 31.5 Å². The monoisotopic (exact) mass is 480 g/mol. The SMILES string of the molecule is COc1ccccc1-c1ccc(C(F)(F)F)cc1CS(=O)(=O)c1cc(C(=O)O)ccc1OC. The van der Waals surface area contributed by atoms with Gasteiger partial charge in [-0.2, -0.15) is 13.2 Å². The van der Waals surface area contributed by atoms with E-state index in [1.165, 1.54) is 32.4 Å². The van der Waals surface area contributed by atoms with Crippen LogP contribution in [0.4, 0.5) is 13.2 Å². The number of carboxylic acid groups (broad SMARTS) is 1. The number of rotatable bonds is 7. The van der Waals surface area contributed by atoms with Crippen LogP contribution in [-0.4, -0.2) is 33.7 Å². The Bertz CT molecular complexity index is 1300. The molecule has 0 amide bonds. The van der Waals surface area contributed by atoms with E-state index in [2.05, 4.69) is 0 Å². The molecule has 0 aliphatic heterocycles. The Labute approximate surface area is 188 Å². The second-order valence-corrected chi connectivity index (χ2v) is 8.96. The van der Waals surface area contributed by atoms with Crippen LogP contribution in [0, 0.1) is 0 Å². The van der Waals surface area contributed by atoms with Crippen molar-refractivity contribution in [1.29, 1.82) is 0 Å². The van der Waals surface area contributed by atoms with Gasteiger partial charge < -0.3 is 14.6 Å². The molecule has 174 valence electrons. The predicted molar refractivity (Wildman–Crippen MR) is 114 cm³/mol. The van der Waals surface area contributed by atoms with Gasteiger partial charge in [0.2, 0.25) is 0 Å². The summed E-state index contributed by atoms with van der Waals surface area (Å²) in [6.45, 7) is 0. The van der Waals surface area contributed by atoms with E-state index in [-0.39, 0.29) is 22.4 Å². The number of sulfone groups is 1. The van der Waals surface area contributed by atoms with Crippen LogP contribution in [0.2, 0.25) is 0 Å². The molecule has 3 rings (SSSR count). The van der Waals surface area contributed by atoms with E-state index in [1.807, 2.05) is 0 Å². The molecule has 0 aromatic heterocycles. The second kappa shape index (κ2) is 9.14. The zero-order valence-corrected chi connectivity index (χ0v) is 18.3. The van der Waals surface area contributed by atoms with Crippen molar-refractivity contribution >= 4 is 15.8 Å². The van der Waals surface area contributed by atoms with E-state index in [0.717, 1.165) is 18.2 Å². The molecule has 6 nitrogen and oxygen atoms in total. The van der Waals surface area contributed by atoms with Gasteiger partial charge in [0, 0.05) is 5.56 Å². The number of methoxy groups -OCH3 is 2. The normalized spacial score (nSPS) is 11.8. The molecule has 3 aromatic carbocycles. The van der Waals surface area contributed by atoms with Crippen molar-refractivity contribution in [2.75, 3.05) is 14.2 Å². The smallest absolute Gasteiger partial charge is 0.416 e. The van der Waals surface area contributed by atoms with Crippen LogP contribution in [-0.2, 0) is 21.8 Å². The third-order valence-corrected chi connectivity index (χ3v) is 6.60. The summed E-state index contributed by atoms with van der Waals surface area (Å²) in [5.41, 5.74) is -0.805. The molecule has 33 heavy (non-hydrogen) atoms. The van der Waals surface area contributed by atoms with Gasteiger partial charge in [0.05, 0.1) is 31.1 Å². The summed E-state index contributed by atoms with van der Waals surface area (Å²) in [6.07, 6.45) is -4.70. The number of hydrogen-bond donors (Lipinski definition) is 1. The number of aromatic carboxylic acids is 1. The molecule has 0 spiro atoms. The molecule has 0 unspecified atom stereocenters. The van der Waals surface area contributed by atoms with Gasteiger partial charge in [0.15, 0.2) is 9.84 Å². The van der Waals surface area contributed by atoms with Crippen molar-refractivity contribution < 1.29 is 41.0 Å². The number of benzene rings is 3. The molecule has 0 fully saturated rings. The Morgan fingerprint density at radius 2 is 1.58 bits per heavy atom. The first kappa shape index (κ1) is 24.1. The Hall–Kier alpha value is -3.53. The van der Waals surface area contributed by atoms with Crippen molar-refractivity contribution in [3.63, 3.8) is 0 Å². The second-order valence-electron chi connectivity index (χ2n) is 7.00. The van der Waals surface area contributed by atoms with Gasteiger partial charge in [-0.1, -0.05) is 24.3 Å². The summed E-state index contributed by atoms with van der Waals surface area (Å²) in [5, 5.41) is 9.23. The van der Waals surface area contributed by atoms with Crippen LogP contribution in [0.1, 0.15) is 21.5 Å². The fraction of sp³-hybridized carbons (Fsp3) is 0.174. The van der Waals surface area contributed by atoms with Gasteiger partial charge in [-0.25, -0.2) is 13.2 Å². The van der Waals surface area contributed by atoms with Crippen LogP contribution < -0.4 is 9.47 Å². The molecule has 0 heterocycles. The lowest BCUT2D eigenvalue weighted by molar-refractivity contribution is -0.137. The molecular formula is C23H19F3O6S. The lowest BCUT2D eigenvalue weighted by atomic mass is 9.97. The number of ether oxygens (including phenoxy) is 2. The minimum atomic E-state index is -4.70. The molecule has 0 radical (unpaired) electrons. The Morgan fingerprint density at radius 3 is 2.18 bits per heavy atom. The topological polar surface area (TPSA) is 89.9 Å². The van der Waals surface area contributed by atoms with Crippen LogP contribution >= 0.6 is 0 Å². The fourth-order valence-corrected chi connectivity index (χ4v) is 4.92. The Balaban J connectivity index is 2.21. The van der Waals surface area contributed by atoms with Crippen molar-refractivity contribution in [2.24, 2.45) is 0 Å². The third-order valence-electron chi connectivity index (χ3n) is 4.92. The molecule has 0 aliphatic rings. The van der Waals surface area contributed by atoms with E-state index in [4.69, 9.17) is 9.47 Å². The quantitative estimate of drug-likeness (QED) is 0.508. The number of carboxylic acids is 1. The zero-order chi connectivity index (χ0) is 24.4. The average Bonchev–Trinajstić information content (AvgIpc) is 2.77.